The molecule has 5 N–H and O–H groups in total. The Morgan fingerprint density at radius 3 is 2.50 bits per heavy atom. The highest BCUT2D eigenvalue weighted by atomic mass is 16.2. The first-order chi connectivity index (χ1) is 19.5. The molecule has 202 valence electrons. The van der Waals surface area contributed by atoms with Crippen molar-refractivity contribution in [1.82, 2.24) is 44.2 Å². The number of nitrogens with one attached hydrogen (secondary N) is 1. The van der Waals surface area contributed by atoms with Crippen LogP contribution in [0.2, 0.25) is 0 Å². The minimum absolute atomic E-state index is 0.0561. The van der Waals surface area contributed by atoms with Crippen molar-refractivity contribution in [3.8, 4) is 22.4 Å². The number of nitrogen functional groups attached to an aromatic ring is 2. The molecule has 1 aliphatic rings. The first kappa shape index (κ1) is 25.0. The topological polar surface area (TPSA) is 162 Å². The van der Waals surface area contributed by atoms with Gasteiger partial charge in [-0.25, -0.2) is 4.98 Å². The number of aromatic amines is 1. The third-order valence-corrected chi connectivity index (χ3v) is 7.05. The third-order valence-electron chi connectivity index (χ3n) is 7.05. The number of piperidine rings is 1. The third kappa shape index (κ3) is 4.94. The van der Waals surface area contributed by atoms with E-state index >= 15 is 0 Å². The van der Waals surface area contributed by atoms with Gasteiger partial charge in [-0.2, -0.15) is 14.6 Å². The first-order valence-electron chi connectivity index (χ1n) is 13.0. The van der Waals surface area contributed by atoms with E-state index in [4.69, 9.17) is 16.5 Å². The van der Waals surface area contributed by atoms with Gasteiger partial charge in [0.2, 0.25) is 11.8 Å². The Hall–Kier alpha value is -5.26. The van der Waals surface area contributed by atoms with Crippen molar-refractivity contribution in [2.75, 3.05) is 24.6 Å². The Labute approximate surface area is 230 Å². The molecule has 12 heteroatoms. The van der Waals surface area contributed by atoms with E-state index in [9.17, 15) is 4.79 Å². The zero-order valence-electron chi connectivity index (χ0n) is 22.0. The van der Waals surface area contributed by atoms with Gasteiger partial charge in [-0.1, -0.05) is 36.4 Å². The molecule has 1 fully saturated rings. The molecule has 4 aromatic heterocycles. The van der Waals surface area contributed by atoms with Crippen molar-refractivity contribution in [2.24, 2.45) is 0 Å². The molecule has 5 aromatic rings. The second-order valence-electron chi connectivity index (χ2n) is 9.79. The first-order valence-corrected chi connectivity index (χ1v) is 13.0. The standard InChI is InChI=1S/C28H29N11O/c1-18-13-24(29)39-26(22(15-33-39)20-7-8-23(31-14-20)19-5-3-2-4-6-19)32-17-38(16-18)21-9-11-37(12-10-21)27(40)25-34-28(30)36-35-25/h2-8,13-17,21H,9-12,29H2,1H3,(H3,30,34,35,36). The van der Waals surface area contributed by atoms with Crippen LogP contribution in [0.15, 0.2) is 73.4 Å². The molecule has 1 aliphatic heterocycles. The SMILES string of the molecule is Cc1cc(N)n2ncc(-c3ccc(-c4ccccc4)nc3)c2ncn(C2CCN(C(=O)c3nc(N)n[nH]3)CC2)c1. The molecule has 0 saturated carbocycles. The van der Waals surface area contributed by atoms with E-state index in [0.717, 1.165) is 40.8 Å². The molecule has 1 amide bonds. The van der Waals surface area contributed by atoms with E-state index in [1.807, 2.05) is 74.2 Å². The average molecular weight is 536 g/mol. The molecule has 0 unspecified atom stereocenters. The number of H-pyrrole nitrogens is 1. The summed E-state index contributed by atoms with van der Waals surface area (Å²) in [6.07, 6.45) is 8.94. The van der Waals surface area contributed by atoms with Crippen LogP contribution in [-0.4, -0.2) is 63.2 Å². The number of carbonyl (C=O) groups is 1. The largest absolute Gasteiger partial charge is 0.384 e. The Kier molecular flexibility index (Phi) is 6.56. The summed E-state index contributed by atoms with van der Waals surface area (Å²) in [6.45, 7) is 3.13. The number of fused-ring (bicyclic) bond motifs is 1. The number of carbonyl (C=O) groups excluding carboxylic acids is 1. The van der Waals surface area contributed by atoms with Gasteiger partial charge >= 0.3 is 0 Å². The van der Waals surface area contributed by atoms with Gasteiger partial charge in [0.05, 0.1) is 18.2 Å². The maximum Gasteiger partial charge on any atom is 0.291 e. The molecule has 40 heavy (non-hydrogen) atoms. The number of nitrogens with two attached hydrogens (primary N) is 2. The van der Waals surface area contributed by atoms with Crippen LogP contribution in [0.4, 0.5) is 11.8 Å². The molecule has 1 aromatic carbocycles. The number of aromatic nitrogens is 8. The number of amides is 1. The molecular formula is C28H29N11O. The van der Waals surface area contributed by atoms with E-state index in [0.29, 0.717) is 24.6 Å². The maximum absolute atomic E-state index is 12.8. The summed E-state index contributed by atoms with van der Waals surface area (Å²) >= 11 is 0. The second kappa shape index (κ2) is 10.5. The molecule has 0 atom stereocenters. The maximum atomic E-state index is 12.8. The lowest BCUT2D eigenvalue weighted by Gasteiger charge is -2.32. The van der Waals surface area contributed by atoms with E-state index in [-0.39, 0.29) is 23.7 Å². The molecule has 0 aliphatic carbocycles. The summed E-state index contributed by atoms with van der Waals surface area (Å²) in [5.41, 5.74) is 17.2. The van der Waals surface area contributed by atoms with Gasteiger partial charge in [-0.3, -0.25) is 14.9 Å². The summed E-state index contributed by atoms with van der Waals surface area (Å²) in [7, 11) is 0. The molecule has 0 spiro atoms. The fourth-order valence-electron chi connectivity index (χ4n) is 5.00. The highest BCUT2D eigenvalue weighted by molar-refractivity contribution is 5.90. The van der Waals surface area contributed by atoms with Crippen molar-refractivity contribution >= 4 is 23.3 Å². The Morgan fingerprint density at radius 2 is 1.80 bits per heavy atom. The predicted octanol–water partition coefficient (Wildman–Crippen LogP) is 3.45. The van der Waals surface area contributed by atoms with E-state index < -0.39 is 0 Å². The van der Waals surface area contributed by atoms with Crippen molar-refractivity contribution in [3.63, 3.8) is 0 Å². The van der Waals surface area contributed by atoms with Gasteiger partial charge in [0.15, 0.2) is 5.65 Å². The summed E-state index contributed by atoms with van der Waals surface area (Å²) in [5, 5.41) is 10.9. The Balaban J connectivity index is 1.31. The van der Waals surface area contributed by atoms with Crippen molar-refractivity contribution < 1.29 is 4.79 Å². The molecule has 5 heterocycles. The van der Waals surface area contributed by atoms with E-state index in [1.54, 1.807) is 15.6 Å². The van der Waals surface area contributed by atoms with Crippen LogP contribution in [-0.2, 0) is 0 Å². The molecule has 12 nitrogen and oxygen atoms in total. The number of benzene rings is 1. The van der Waals surface area contributed by atoms with Crippen molar-refractivity contribution in [2.45, 2.75) is 25.8 Å². The van der Waals surface area contributed by atoms with E-state index in [1.165, 1.54) is 0 Å². The average Bonchev–Trinajstić information content (AvgIpc) is 3.62. The zero-order chi connectivity index (χ0) is 27.6. The normalized spacial score (nSPS) is 13.9. The second-order valence-corrected chi connectivity index (χ2v) is 9.79. The van der Waals surface area contributed by atoms with Gasteiger partial charge in [0, 0.05) is 48.2 Å². The monoisotopic (exact) mass is 535 g/mol. The number of hydrogen-bond donors (Lipinski definition) is 3. The number of hydrogen-bond acceptors (Lipinski definition) is 8. The number of aryl methyl sites for hydroxylation is 1. The van der Waals surface area contributed by atoms with Gasteiger partial charge in [-0.15, -0.1) is 5.10 Å². The number of likely N-dealkylation sites (tertiary alicyclic amines) is 1. The fraction of sp³-hybridized carbons (Fsp3) is 0.214. The smallest absolute Gasteiger partial charge is 0.291 e. The Bertz CT molecular complexity index is 1710. The van der Waals surface area contributed by atoms with Crippen LogP contribution in [0.1, 0.15) is 35.1 Å². The number of rotatable bonds is 4. The van der Waals surface area contributed by atoms with Crippen LogP contribution in [0.25, 0.3) is 28.0 Å². The molecule has 0 bridgehead atoms. The number of pyridine rings is 1. The van der Waals surface area contributed by atoms with E-state index in [2.05, 4.69) is 29.8 Å². The minimum Gasteiger partial charge on any atom is -0.384 e. The molecule has 0 radical (unpaired) electrons. The fourth-order valence-corrected chi connectivity index (χ4v) is 5.00. The molecular weight excluding hydrogens is 506 g/mol. The van der Waals surface area contributed by atoms with Crippen molar-refractivity contribution in [3.05, 3.63) is 84.8 Å². The number of anilines is 2. The molecule has 1 saturated heterocycles. The lowest BCUT2D eigenvalue weighted by Crippen LogP contribution is -2.39. The minimum atomic E-state index is -0.205. The van der Waals surface area contributed by atoms with Crippen LogP contribution in [0, 0.1) is 6.92 Å². The lowest BCUT2D eigenvalue weighted by molar-refractivity contribution is 0.0682. The summed E-state index contributed by atoms with van der Waals surface area (Å²) in [5.74, 6) is 0.475. The highest BCUT2D eigenvalue weighted by Gasteiger charge is 2.26. The van der Waals surface area contributed by atoms with Gasteiger partial charge < -0.3 is 20.9 Å². The lowest BCUT2D eigenvalue weighted by atomic mass is 10.0. The number of nitrogens with zero attached hydrogens (tertiary/aromatic N) is 8. The summed E-state index contributed by atoms with van der Waals surface area (Å²) in [6, 6.07) is 16.1. The Morgan fingerprint density at radius 1 is 1.00 bits per heavy atom. The van der Waals surface area contributed by atoms with Gasteiger partial charge in [-0.05, 0) is 37.5 Å². The van der Waals surface area contributed by atoms with Gasteiger partial charge in [0.25, 0.3) is 5.91 Å². The van der Waals surface area contributed by atoms with Crippen LogP contribution < -0.4 is 11.5 Å². The molecule has 6 rings (SSSR count). The summed E-state index contributed by atoms with van der Waals surface area (Å²) in [4.78, 5) is 28.0. The van der Waals surface area contributed by atoms with Crippen LogP contribution in [0.3, 0.4) is 0 Å². The summed E-state index contributed by atoms with van der Waals surface area (Å²) < 4.78 is 3.73. The van der Waals surface area contributed by atoms with Crippen molar-refractivity contribution in [1.29, 1.82) is 0 Å². The predicted molar refractivity (Wildman–Crippen MR) is 151 cm³/mol. The van der Waals surface area contributed by atoms with Gasteiger partial charge in [0.1, 0.15) is 5.82 Å². The highest BCUT2D eigenvalue weighted by Crippen LogP contribution is 2.27. The zero-order valence-corrected chi connectivity index (χ0v) is 22.0. The van der Waals surface area contributed by atoms with Crippen LogP contribution in [0.5, 0.6) is 0 Å². The quantitative estimate of drug-likeness (QED) is 0.315. The van der Waals surface area contributed by atoms with Crippen LogP contribution >= 0.6 is 0 Å².